The van der Waals surface area contributed by atoms with Crippen LogP contribution < -0.4 is 5.32 Å². The molecule has 2 aromatic carbocycles. The lowest BCUT2D eigenvalue weighted by Crippen LogP contribution is -2.22. The van der Waals surface area contributed by atoms with Gasteiger partial charge in [-0.3, -0.25) is 4.79 Å². The van der Waals surface area contributed by atoms with Gasteiger partial charge in [0.05, 0.1) is 22.4 Å². The highest BCUT2D eigenvalue weighted by Gasteiger charge is 2.09. The molecule has 0 aliphatic carbocycles. The highest BCUT2D eigenvalue weighted by atomic mass is 19.2. The number of amides is 1. The fourth-order valence-electron chi connectivity index (χ4n) is 2.31. The van der Waals surface area contributed by atoms with Crippen LogP contribution in [0.25, 0.3) is 11.0 Å². The van der Waals surface area contributed by atoms with E-state index in [-0.39, 0.29) is 12.5 Å². The summed E-state index contributed by atoms with van der Waals surface area (Å²) in [6.07, 6.45) is 0. The number of hydrogen-bond acceptors (Lipinski definition) is 3. The van der Waals surface area contributed by atoms with Crippen LogP contribution in [0.1, 0.15) is 27.3 Å². The Labute approximate surface area is 137 Å². The van der Waals surface area contributed by atoms with E-state index in [0.29, 0.717) is 16.6 Å². The summed E-state index contributed by atoms with van der Waals surface area (Å²) in [6, 6.07) is 8.58. The second-order valence-electron chi connectivity index (χ2n) is 5.53. The van der Waals surface area contributed by atoms with Crippen molar-refractivity contribution in [1.82, 2.24) is 15.3 Å². The summed E-state index contributed by atoms with van der Waals surface area (Å²) >= 11 is 0. The van der Waals surface area contributed by atoms with Crippen molar-refractivity contribution in [2.24, 2.45) is 0 Å². The molecule has 24 heavy (non-hydrogen) atoms. The number of carbonyl (C=O) groups is 1. The summed E-state index contributed by atoms with van der Waals surface area (Å²) in [5.41, 5.74) is 3.92. The highest BCUT2D eigenvalue weighted by Crippen LogP contribution is 2.15. The van der Waals surface area contributed by atoms with Gasteiger partial charge in [-0.2, -0.15) is 0 Å². The molecule has 0 fully saturated rings. The van der Waals surface area contributed by atoms with Crippen molar-refractivity contribution >= 4 is 16.9 Å². The molecule has 0 bridgehead atoms. The topological polar surface area (TPSA) is 54.9 Å². The molecule has 0 unspecified atom stereocenters. The third kappa shape index (κ3) is 3.22. The first-order valence-corrected chi connectivity index (χ1v) is 7.41. The van der Waals surface area contributed by atoms with Crippen LogP contribution in [0, 0.1) is 25.5 Å². The van der Waals surface area contributed by atoms with Crippen LogP contribution in [0.2, 0.25) is 0 Å². The summed E-state index contributed by atoms with van der Waals surface area (Å²) in [4.78, 5) is 21.1. The molecule has 3 aromatic rings. The number of fused-ring (bicyclic) bond motifs is 1. The fraction of sp³-hybridized carbons (Fsp3) is 0.167. The molecule has 0 radical (unpaired) electrons. The number of rotatable bonds is 3. The van der Waals surface area contributed by atoms with Crippen LogP contribution in [-0.2, 0) is 6.54 Å². The number of nitrogens with one attached hydrogen (secondary N) is 1. The molecule has 4 nitrogen and oxygen atoms in total. The van der Waals surface area contributed by atoms with E-state index in [0.717, 1.165) is 29.0 Å². The van der Waals surface area contributed by atoms with Gasteiger partial charge >= 0.3 is 0 Å². The monoisotopic (exact) mass is 327 g/mol. The maximum absolute atomic E-state index is 13.2. The van der Waals surface area contributed by atoms with Crippen molar-refractivity contribution < 1.29 is 13.6 Å². The van der Waals surface area contributed by atoms with E-state index in [4.69, 9.17) is 0 Å². The van der Waals surface area contributed by atoms with Crippen LogP contribution in [0.4, 0.5) is 8.78 Å². The van der Waals surface area contributed by atoms with Crippen LogP contribution in [-0.4, -0.2) is 15.9 Å². The Morgan fingerprint density at radius 2 is 1.67 bits per heavy atom. The molecule has 122 valence electrons. The molecule has 3 rings (SSSR count). The Kier molecular flexibility index (Phi) is 4.20. The standard InChI is InChI=1S/C18H15F2N3O/c1-10-11(2)23-17-8-13(4-6-16(17)22-10)18(24)21-9-12-3-5-14(19)15(20)7-12/h3-8H,9H2,1-2H3,(H,21,24). The Bertz CT molecular complexity index is 941. The maximum atomic E-state index is 13.2. The molecule has 0 saturated carbocycles. The van der Waals surface area contributed by atoms with Gasteiger partial charge in [-0.1, -0.05) is 6.07 Å². The Balaban J connectivity index is 1.78. The molecule has 0 aliphatic heterocycles. The Morgan fingerprint density at radius 1 is 0.958 bits per heavy atom. The molecule has 1 amide bonds. The van der Waals surface area contributed by atoms with Gasteiger partial charge in [0.1, 0.15) is 0 Å². The van der Waals surface area contributed by atoms with Crippen molar-refractivity contribution in [3.8, 4) is 0 Å². The smallest absolute Gasteiger partial charge is 0.251 e. The van der Waals surface area contributed by atoms with Crippen LogP contribution in [0.5, 0.6) is 0 Å². The zero-order valence-electron chi connectivity index (χ0n) is 13.2. The number of halogens is 2. The second-order valence-corrected chi connectivity index (χ2v) is 5.53. The SMILES string of the molecule is Cc1nc2ccc(C(=O)NCc3ccc(F)c(F)c3)cc2nc1C. The van der Waals surface area contributed by atoms with Gasteiger partial charge in [0.25, 0.3) is 5.91 Å². The van der Waals surface area contributed by atoms with Crippen molar-refractivity contribution in [1.29, 1.82) is 0 Å². The summed E-state index contributed by atoms with van der Waals surface area (Å²) in [6.45, 7) is 3.84. The van der Waals surface area contributed by atoms with Crippen molar-refractivity contribution in [3.05, 3.63) is 70.5 Å². The van der Waals surface area contributed by atoms with Gasteiger partial charge in [0, 0.05) is 12.1 Å². The van der Waals surface area contributed by atoms with Gasteiger partial charge in [0.15, 0.2) is 11.6 Å². The lowest BCUT2D eigenvalue weighted by Gasteiger charge is -2.07. The van der Waals surface area contributed by atoms with Gasteiger partial charge in [0.2, 0.25) is 0 Å². The molecule has 0 saturated heterocycles. The second kappa shape index (κ2) is 6.31. The zero-order valence-corrected chi connectivity index (χ0v) is 13.2. The molecule has 1 aromatic heterocycles. The first-order valence-electron chi connectivity index (χ1n) is 7.41. The third-order valence-electron chi connectivity index (χ3n) is 3.77. The minimum absolute atomic E-state index is 0.104. The van der Waals surface area contributed by atoms with E-state index in [1.165, 1.54) is 6.07 Å². The average molecular weight is 327 g/mol. The van der Waals surface area contributed by atoms with E-state index in [9.17, 15) is 13.6 Å². The zero-order chi connectivity index (χ0) is 17.3. The minimum Gasteiger partial charge on any atom is -0.348 e. The number of hydrogen-bond donors (Lipinski definition) is 1. The predicted molar refractivity (Wildman–Crippen MR) is 86.5 cm³/mol. The number of benzene rings is 2. The molecular weight excluding hydrogens is 312 g/mol. The van der Waals surface area contributed by atoms with E-state index in [1.54, 1.807) is 18.2 Å². The highest BCUT2D eigenvalue weighted by molar-refractivity contribution is 5.97. The summed E-state index contributed by atoms with van der Waals surface area (Å²) in [5, 5.41) is 2.68. The average Bonchev–Trinajstić information content (AvgIpc) is 2.56. The maximum Gasteiger partial charge on any atom is 0.251 e. The van der Waals surface area contributed by atoms with Crippen molar-refractivity contribution in [2.45, 2.75) is 20.4 Å². The van der Waals surface area contributed by atoms with Crippen molar-refractivity contribution in [2.75, 3.05) is 0 Å². The Morgan fingerprint density at radius 3 is 2.38 bits per heavy atom. The summed E-state index contributed by atoms with van der Waals surface area (Å²) in [7, 11) is 0. The predicted octanol–water partition coefficient (Wildman–Crippen LogP) is 3.45. The van der Waals surface area contributed by atoms with Gasteiger partial charge in [-0.25, -0.2) is 18.7 Å². The first kappa shape index (κ1) is 16.0. The third-order valence-corrected chi connectivity index (χ3v) is 3.77. The lowest BCUT2D eigenvalue weighted by atomic mass is 10.1. The van der Waals surface area contributed by atoms with Crippen LogP contribution in [0.15, 0.2) is 36.4 Å². The van der Waals surface area contributed by atoms with E-state index < -0.39 is 11.6 Å². The minimum atomic E-state index is -0.937. The van der Waals surface area contributed by atoms with Gasteiger partial charge in [-0.05, 0) is 49.7 Å². The number of aryl methyl sites for hydroxylation is 2. The van der Waals surface area contributed by atoms with E-state index >= 15 is 0 Å². The van der Waals surface area contributed by atoms with E-state index in [1.807, 2.05) is 13.8 Å². The summed E-state index contributed by atoms with van der Waals surface area (Å²) < 4.78 is 26.1. The van der Waals surface area contributed by atoms with Crippen molar-refractivity contribution in [3.63, 3.8) is 0 Å². The van der Waals surface area contributed by atoms with E-state index in [2.05, 4.69) is 15.3 Å². The Hall–Kier alpha value is -2.89. The van der Waals surface area contributed by atoms with Gasteiger partial charge in [-0.15, -0.1) is 0 Å². The number of carbonyl (C=O) groups excluding carboxylic acids is 1. The quantitative estimate of drug-likeness (QED) is 0.801. The molecular formula is C18H15F2N3O. The summed E-state index contributed by atoms with van der Waals surface area (Å²) in [5.74, 6) is -2.17. The van der Waals surface area contributed by atoms with Crippen LogP contribution >= 0.6 is 0 Å². The van der Waals surface area contributed by atoms with Gasteiger partial charge < -0.3 is 5.32 Å². The molecule has 1 heterocycles. The number of nitrogens with zero attached hydrogens (tertiary/aromatic N) is 2. The molecule has 0 atom stereocenters. The van der Waals surface area contributed by atoms with Crippen LogP contribution in [0.3, 0.4) is 0 Å². The lowest BCUT2D eigenvalue weighted by molar-refractivity contribution is 0.0951. The molecule has 0 aliphatic rings. The first-order chi connectivity index (χ1) is 11.4. The molecule has 0 spiro atoms. The largest absolute Gasteiger partial charge is 0.348 e. The fourth-order valence-corrected chi connectivity index (χ4v) is 2.31. The molecule has 6 heteroatoms. The molecule has 1 N–H and O–H groups in total. The number of aromatic nitrogens is 2. The normalized spacial score (nSPS) is 10.8.